The van der Waals surface area contributed by atoms with Crippen molar-refractivity contribution >= 4 is 11.3 Å². The summed E-state index contributed by atoms with van der Waals surface area (Å²) in [4.78, 5) is 6.48. The van der Waals surface area contributed by atoms with E-state index in [4.69, 9.17) is 0 Å². The molecule has 0 spiro atoms. The van der Waals surface area contributed by atoms with E-state index in [0.29, 0.717) is 6.54 Å². The van der Waals surface area contributed by atoms with Crippen molar-refractivity contribution < 1.29 is 4.39 Å². The van der Waals surface area contributed by atoms with Crippen LogP contribution in [-0.2, 0) is 13.1 Å². The number of pyridine rings is 1. The average Bonchev–Trinajstić information content (AvgIpc) is 2.58. The van der Waals surface area contributed by atoms with E-state index in [0.717, 1.165) is 12.1 Å². The van der Waals surface area contributed by atoms with Gasteiger partial charge in [0.05, 0.1) is 6.20 Å². The van der Waals surface area contributed by atoms with Crippen LogP contribution in [0.5, 0.6) is 0 Å². The lowest BCUT2D eigenvalue weighted by Gasteiger charge is -2.02. The van der Waals surface area contributed by atoms with E-state index in [2.05, 4.69) is 30.2 Å². The number of aromatic nitrogens is 1. The number of nitrogens with zero attached hydrogens (tertiary/aromatic N) is 1. The summed E-state index contributed by atoms with van der Waals surface area (Å²) in [5.74, 6) is -0.285. The minimum Gasteiger partial charge on any atom is -0.308 e. The summed E-state index contributed by atoms with van der Waals surface area (Å²) >= 11 is 1.80. The Labute approximate surface area is 105 Å². The Balaban J connectivity index is 1.87. The van der Waals surface area contributed by atoms with E-state index in [1.165, 1.54) is 27.6 Å². The summed E-state index contributed by atoms with van der Waals surface area (Å²) in [7, 11) is 0. The molecule has 0 aliphatic heterocycles. The number of hydrogen-bond donors (Lipinski definition) is 1. The number of rotatable bonds is 4. The minimum absolute atomic E-state index is 0.285. The highest BCUT2D eigenvalue weighted by Crippen LogP contribution is 2.20. The first kappa shape index (κ1) is 12.2. The molecule has 0 saturated heterocycles. The summed E-state index contributed by atoms with van der Waals surface area (Å²) in [6.07, 6.45) is 2.90. The summed E-state index contributed by atoms with van der Waals surface area (Å²) in [5, 5.41) is 3.29. The van der Waals surface area contributed by atoms with Gasteiger partial charge >= 0.3 is 0 Å². The van der Waals surface area contributed by atoms with Crippen molar-refractivity contribution in [1.29, 1.82) is 0 Å². The van der Waals surface area contributed by atoms with Crippen LogP contribution in [0.1, 0.15) is 20.9 Å². The molecule has 0 aromatic carbocycles. The van der Waals surface area contributed by atoms with Gasteiger partial charge in [-0.2, -0.15) is 0 Å². The van der Waals surface area contributed by atoms with Gasteiger partial charge in [0, 0.05) is 29.0 Å². The molecule has 0 atom stereocenters. The molecule has 90 valence electrons. The van der Waals surface area contributed by atoms with E-state index in [9.17, 15) is 4.39 Å². The fourth-order valence-corrected chi connectivity index (χ4v) is 2.64. The smallest absolute Gasteiger partial charge is 0.141 e. The molecule has 2 rings (SSSR count). The summed E-state index contributed by atoms with van der Waals surface area (Å²) < 4.78 is 12.9. The highest BCUT2D eigenvalue weighted by Gasteiger charge is 2.01. The van der Waals surface area contributed by atoms with Gasteiger partial charge < -0.3 is 5.32 Å². The molecule has 0 bridgehead atoms. The van der Waals surface area contributed by atoms with Gasteiger partial charge in [0.2, 0.25) is 0 Å². The van der Waals surface area contributed by atoms with Crippen LogP contribution in [-0.4, -0.2) is 4.98 Å². The highest BCUT2D eigenvalue weighted by molar-refractivity contribution is 7.12. The number of halogens is 1. The topological polar surface area (TPSA) is 24.9 Å². The van der Waals surface area contributed by atoms with Crippen molar-refractivity contribution in [3.05, 3.63) is 51.2 Å². The van der Waals surface area contributed by atoms with Crippen molar-refractivity contribution in [2.24, 2.45) is 0 Å². The predicted octanol–water partition coefficient (Wildman–Crippen LogP) is 3.19. The van der Waals surface area contributed by atoms with E-state index >= 15 is 0 Å². The van der Waals surface area contributed by atoms with Crippen LogP contribution >= 0.6 is 11.3 Å². The monoisotopic (exact) mass is 250 g/mol. The van der Waals surface area contributed by atoms with Gasteiger partial charge in [-0.25, -0.2) is 4.39 Å². The van der Waals surface area contributed by atoms with Crippen LogP contribution in [0.15, 0.2) is 24.5 Å². The Kier molecular flexibility index (Phi) is 3.86. The predicted molar refractivity (Wildman–Crippen MR) is 68.5 cm³/mol. The molecule has 2 aromatic heterocycles. The lowest BCUT2D eigenvalue weighted by atomic mass is 10.2. The Morgan fingerprint density at radius 2 is 2.06 bits per heavy atom. The molecule has 1 N–H and O–H groups in total. The quantitative estimate of drug-likeness (QED) is 0.901. The molecule has 0 amide bonds. The molecular weight excluding hydrogens is 235 g/mol. The number of hydrogen-bond acceptors (Lipinski definition) is 3. The van der Waals surface area contributed by atoms with Crippen molar-refractivity contribution in [1.82, 2.24) is 10.3 Å². The molecule has 0 saturated carbocycles. The Hall–Kier alpha value is -1.26. The Morgan fingerprint density at radius 1 is 1.24 bits per heavy atom. The Morgan fingerprint density at radius 3 is 2.71 bits per heavy atom. The molecule has 0 fully saturated rings. The van der Waals surface area contributed by atoms with Crippen LogP contribution in [0.2, 0.25) is 0 Å². The molecule has 0 aliphatic carbocycles. The second-order valence-electron chi connectivity index (χ2n) is 4.07. The standard InChI is InChI=1S/C13H15FN2S/c1-9-3-13(17-10(9)2)8-16-6-11-4-12(14)7-15-5-11/h3-5,7,16H,6,8H2,1-2H3. The van der Waals surface area contributed by atoms with Crippen molar-refractivity contribution in [2.75, 3.05) is 0 Å². The van der Waals surface area contributed by atoms with E-state index < -0.39 is 0 Å². The normalized spacial score (nSPS) is 10.8. The highest BCUT2D eigenvalue weighted by atomic mass is 32.1. The molecule has 4 heteroatoms. The molecule has 0 radical (unpaired) electrons. The fraction of sp³-hybridized carbons (Fsp3) is 0.308. The van der Waals surface area contributed by atoms with Gasteiger partial charge in [-0.1, -0.05) is 0 Å². The van der Waals surface area contributed by atoms with Crippen LogP contribution in [0.25, 0.3) is 0 Å². The van der Waals surface area contributed by atoms with Gasteiger partial charge in [-0.05, 0) is 37.1 Å². The number of thiophene rings is 1. The third-order valence-electron chi connectivity index (χ3n) is 2.61. The molecule has 17 heavy (non-hydrogen) atoms. The van der Waals surface area contributed by atoms with E-state index in [-0.39, 0.29) is 5.82 Å². The van der Waals surface area contributed by atoms with Crippen LogP contribution in [0, 0.1) is 19.7 Å². The van der Waals surface area contributed by atoms with Gasteiger partial charge in [0.1, 0.15) is 5.82 Å². The summed E-state index contributed by atoms with van der Waals surface area (Å²) in [6, 6.07) is 3.70. The second kappa shape index (κ2) is 5.38. The molecule has 2 aromatic rings. The first-order chi connectivity index (χ1) is 8.15. The molecule has 2 heterocycles. The Bertz CT molecular complexity index is 488. The summed E-state index contributed by atoms with van der Waals surface area (Å²) in [6.45, 7) is 5.70. The lowest BCUT2D eigenvalue weighted by molar-refractivity contribution is 0.613. The molecule has 0 aliphatic rings. The second-order valence-corrected chi connectivity index (χ2v) is 5.41. The van der Waals surface area contributed by atoms with Crippen molar-refractivity contribution in [3.63, 3.8) is 0 Å². The fourth-order valence-electron chi connectivity index (χ4n) is 1.62. The maximum absolute atomic E-state index is 12.9. The zero-order valence-corrected chi connectivity index (χ0v) is 10.8. The van der Waals surface area contributed by atoms with Crippen LogP contribution in [0.4, 0.5) is 4.39 Å². The van der Waals surface area contributed by atoms with Crippen LogP contribution in [0.3, 0.4) is 0 Å². The molecular formula is C13H15FN2S. The zero-order chi connectivity index (χ0) is 12.3. The maximum atomic E-state index is 12.9. The summed E-state index contributed by atoms with van der Waals surface area (Å²) in [5.41, 5.74) is 2.20. The van der Waals surface area contributed by atoms with Gasteiger partial charge in [0.15, 0.2) is 0 Å². The van der Waals surface area contributed by atoms with Gasteiger partial charge in [-0.15, -0.1) is 11.3 Å². The van der Waals surface area contributed by atoms with E-state index in [1.54, 1.807) is 17.5 Å². The first-order valence-electron chi connectivity index (χ1n) is 5.51. The first-order valence-corrected chi connectivity index (χ1v) is 6.33. The minimum atomic E-state index is -0.285. The van der Waals surface area contributed by atoms with Crippen LogP contribution < -0.4 is 5.32 Å². The number of aryl methyl sites for hydroxylation is 2. The van der Waals surface area contributed by atoms with Gasteiger partial charge in [-0.3, -0.25) is 4.98 Å². The maximum Gasteiger partial charge on any atom is 0.141 e. The average molecular weight is 250 g/mol. The third kappa shape index (κ3) is 3.35. The van der Waals surface area contributed by atoms with Gasteiger partial charge in [0.25, 0.3) is 0 Å². The largest absolute Gasteiger partial charge is 0.308 e. The lowest BCUT2D eigenvalue weighted by Crippen LogP contribution is -2.12. The SMILES string of the molecule is Cc1cc(CNCc2cncc(F)c2)sc1C. The third-order valence-corrected chi connectivity index (χ3v) is 3.76. The molecule has 0 unspecified atom stereocenters. The van der Waals surface area contributed by atoms with Crippen molar-refractivity contribution in [2.45, 2.75) is 26.9 Å². The number of nitrogens with one attached hydrogen (secondary N) is 1. The zero-order valence-electron chi connectivity index (χ0n) is 9.96. The van der Waals surface area contributed by atoms with Crippen molar-refractivity contribution in [3.8, 4) is 0 Å². The molecule has 2 nitrogen and oxygen atoms in total. The van der Waals surface area contributed by atoms with E-state index in [1.807, 2.05) is 0 Å².